The average Bonchev–Trinajstić information content (AvgIpc) is 2.74. The number of rotatable bonds is 5. The Hall–Kier alpha value is -2.42. The van der Waals surface area contributed by atoms with Crippen molar-refractivity contribution in [3.63, 3.8) is 0 Å². The Balaban J connectivity index is 1.74. The quantitative estimate of drug-likeness (QED) is 0.759. The molecule has 7 nitrogen and oxygen atoms in total. The highest BCUT2D eigenvalue weighted by atomic mass is 35.5. The maximum atomic E-state index is 12.9. The number of carbonyl (C=O) groups is 2. The SMILES string of the molecule is CN(C)S(=O)(=O)c1ccccc1NC(=O)C1CCCN(C(=O)c2ccc(Cl)cc2)C1. The van der Waals surface area contributed by atoms with Gasteiger partial charge in [-0.3, -0.25) is 9.59 Å². The molecule has 2 amide bonds. The second-order valence-corrected chi connectivity index (χ2v) is 9.93. The molecule has 0 aromatic heterocycles. The molecule has 0 bridgehead atoms. The van der Waals surface area contributed by atoms with Gasteiger partial charge in [-0.25, -0.2) is 12.7 Å². The minimum atomic E-state index is -3.70. The Morgan fingerprint density at radius 3 is 2.43 bits per heavy atom. The molecule has 0 radical (unpaired) electrons. The molecule has 1 fully saturated rings. The maximum Gasteiger partial charge on any atom is 0.253 e. The summed E-state index contributed by atoms with van der Waals surface area (Å²) in [6, 6.07) is 12.9. The molecule has 1 unspecified atom stereocenters. The first-order chi connectivity index (χ1) is 14.2. The lowest BCUT2D eigenvalue weighted by Crippen LogP contribution is -2.43. The lowest BCUT2D eigenvalue weighted by atomic mass is 9.96. The fraction of sp³-hybridized carbons (Fsp3) is 0.333. The van der Waals surface area contributed by atoms with E-state index >= 15 is 0 Å². The Morgan fingerprint density at radius 2 is 1.77 bits per heavy atom. The van der Waals surface area contributed by atoms with Gasteiger partial charge in [0, 0.05) is 37.8 Å². The number of carbonyl (C=O) groups excluding carboxylic acids is 2. The van der Waals surface area contributed by atoms with E-state index in [-0.39, 0.29) is 28.9 Å². The number of nitrogens with one attached hydrogen (secondary N) is 1. The summed E-state index contributed by atoms with van der Waals surface area (Å²) in [4.78, 5) is 27.3. The van der Waals surface area contributed by atoms with E-state index in [4.69, 9.17) is 11.6 Å². The van der Waals surface area contributed by atoms with Crippen molar-refractivity contribution in [3.05, 3.63) is 59.1 Å². The Morgan fingerprint density at radius 1 is 1.10 bits per heavy atom. The normalized spacial score (nSPS) is 17.1. The third-order valence-electron chi connectivity index (χ3n) is 5.07. The molecule has 0 spiro atoms. The molecule has 2 aromatic carbocycles. The smallest absolute Gasteiger partial charge is 0.253 e. The molecule has 3 rings (SSSR count). The van der Waals surface area contributed by atoms with Gasteiger partial charge in [0.25, 0.3) is 5.91 Å². The van der Waals surface area contributed by atoms with Crippen molar-refractivity contribution in [2.75, 3.05) is 32.5 Å². The number of hydrogen-bond acceptors (Lipinski definition) is 4. The molecular weight excluding hydrogens is 426 g/mol. The molecule has 1 atom stereocenters. The summed E-state index contributed by atoms with van der Waals surface area (Å²) in [6.45, 7) is 0.840. The number of hydrogen-bond donors (Lipinski definition) is 1. The Labute approximate surface area is 181 Å². The zero-order valence-corrected chi connectivity index (χ0v) is 18.4. The summed E-state index contributed by atoms with van der Waals surface area (Å²) in [5.41, 5.74) is 0.750. The van der Waals surface area contributed by atoms with Crippen LogP contribution in [0.2, 0.25) is 5.02 Å². The number of piperidine rings is 1. The molecule has 9 heteroatoms. The molecule has 0 saturated carbocycles. The third kappa shape index (κ3) is 4.83. The zero-order valence-electron chi connectivity index (χ0n) is 16.8. The number of likely N-dealkylation sites (tertiary alicyclic amines) is 1. The minimum Gasteiger partial charge on any atom is -0.338 e. The van der Waals surface area contributed by atoms with Crippen molar-refractivity contribution in [2.45, 2.75) is 17.7 Å². The molecule has 1 heterocycles. The summed E-state index contributed by atoms with van der Waals surface area (Å²) >= 11 is 5.88. The minimum absolute atomic E-state index is 0.0354. The number of amides is 2. The monoisotopic (exact) mass is 449 g/mol. The van der Waals surface area contributed by atoms with Gasteiger partial charge in [0.1, 0.15) is 4.90 Å². The van der Waals surface area contributed by atoms with Crippen molar-refractivity contribution in [1.29, 1.82) is 0 Å². The van der Waals surface area contributed by atoms with Gasteiger partial charge in [0.05, 0.1) is 11.6 Å². The maximum absolute atomic E-state index is 12.9. The van der Waals surface area contributed by atoms with Crippen LogP contribution in [0.3, 0.4) is 0 Å². The van der Waals surface area contributed by atoms with Gasteiger partial charge in [0.15, 0.2) is 0 Å². The van der Waals surface area contributed by atoms with Crippen LogP contribution < -0.4 is 5.32 Å². The molecule has 1 aliphatic heterocycles. The summed E-state index contributed by atoms with van der Waals surface area (Å²) < 4.78 is 26.2. The van der Waals surface area contributed by atoms with E-state index < -0.39 is 15.9 Å². The van der Waals surface area contributed by atoms with E-state index in [2.05, 4.69) is 5.32 Å². The van der Waals surface area contributed by atoms with Gasteiger partial charge in [-0.15, -0.1) is 0 Å². The number of sulfonamides is 1. The van der Waals surface area contributed by atoms with E-state index in [0.29, 0.717) is 30.0 Å². The van der Waals surface area contributed by atoms with Crippen molar-refractivity contribution >= 4 is 39.1 Å². The van der Waals surface area contributed by atoms with Gasteiger partial charge in [-0.1, -0.05) is 23.7 Å². The van der Waals surface area contributed by atoms with E-state index in [0.717, 1.165) is 4.31 Å². The van der Waals surface area contributed by atoms with E-state index in [1.807, 2.05) is 0 Å². The summed E-state index contributed by atoms with van der Waals surface area (Å²) in [6.07, 6.45) is 1.31. The predicted molar refractivity (Wildman–Crippen MR) is 116 cm³/mol. The van der Waals surface area contributed by atoms with Crippen LogP contribution >= 0.6 is 11.6 Å². The van der Waals surface area contributed by atoms with Crippen molar-refractivity contribution in [1.82, 2.24) is 9.21 Å². The average molecular weight is 450 g/mol. The van der Waals surface area contributed by atoms with Crippen LogP contribution in [-0.2, 0) is 14.8 Å². The van der Waals surface area contributed by atoms with Crippen molar-refractivity contribution in [3.8, 4) is 0 Å². The van der Waals surface area contributed by atoms with Crippen LogP contribution in [-0.4, -0.2) is 56.6 Å². The highest BCUT2D eigenvalue weighted by molar-refractivity contribution is 7.89. The Kier molecular flexibility index (Phi) is 6.80. The summed E-state index contributed by atoms with van der Waals surface area (Å²) in [5.74, 6) is -0.880. The zero-order chi connectivity index (χ0) is 21.9. The van der Waals surface area contributed by atoms with Crippen LogP contribution in [0.5, 0.6) is 0 Å². The van der Waals surface area contributed by atoms with Crippen LogP contribution in [0.25, 0.3) is 0 Å². The molecule has 0 aliphatic carbocycles. The first-order valence-corrected chi connectivity index (χ1v) is 11.4. The van der Waals surface area contributed by atoms with Gasteiger partial charge in [-0.2, -0.15) is 0 Å². The molecule has 30 heavy (non-hydrogen) atoms. The third-order valence-corrected chi connectivity index (χ3v) is 7.20. The molecular formula is C21H24ClN3O4S. The fourth-order valence-electron chi connectivity index (χ4n) is 3.38. The first-order valence-electron chi connectivity index (χ1n) is 9.57. The molecule has 2 aromatic rings. The highest BCUT2D eigenvalue weighted by Crippen LogP contribution is 2.26. The van der Waals surface area contributed by atoms with Crippen LogP contribution in [0.15, 0.2) is 53.4 Å². The van der Waals surface area contributed by atoms with E-state index in [1.54, 1.807) is 47.4 Å². The number of benzene rings is 2. The molecule has 1 aliphatic rings. The number of halogens is 1. The number of nitrogens with zero attached hydrogens (tertiary/aromatic N) is 2. The predicted octanol–water partition coefficient (Wildman–Crippen LogP) is 3.08. The highest BCUT2D eigenvalue weighted by Gasteiger charge is 2.30. The topological polar surface area (TPSA) is 86.8 Å². The van der Waals surface area contributed by atoms with Gasteiger partial charge in [0.2, 0.25) is 15.9 Å². The number of para-hydroxylation sites is 1. The van der Waals surface area contributed by atoms with E-state index in [9.17, 15) is 18.0 Å². The molecule has 160 valence electrons. The second-order valence-electron chi connectivity index (χ2n) is 7.37. The van der Waals surface area contributed by atoms with Crippen LogP contribution in [0, 0.1) is 5.92 Å². The van der Waals surface area contributed by atoms with Crippen molar-refractivity contribution in [2.24, 2.45) is 5.92 Å². The number of anilines is 1. The van der Waals surface area contributed by atoms with Gasteiger partial charge in [-0.05, 0) is 49.2 Å². The fourth-order valence-corrected chi connectivity index (χ4v) is 4.54. The van der Waals surface area contributed by atoms with Crippen LogP contribution in [0.4, 0.5) is 5.69 Å². The van der Waals surface area contributed by atoms with E-state index in [1.165, 1.54) is 20.2 Å². The lowest BCUT2D eigenvalue weighted by Gasteiger charge is -2.32. The van der Waals surface area contributed by atoms with Gasteiger partial charge < -0.3 is 10.2 Å². The lowest BCUT2D eigenvalue weighted by molar-refractivity contribution is -0.121. The Bertz CT molecular complexity index is 1040. The first kappa shape index (κ1) is 22.3. The molecule has 1 saturated heterocycles. The standard InChI is InChI=1S/C21H24ClN3O4S/c1-24(2)30(28,29)19-8-4-3-7-18(19)23-20(26)16-6-5-13-25(14-16)21(27)15-9-11-17(22)12-10-15/h3-4,7-12,16H,5-6,13-14H2,1-2H3,(H,23,26). The largest absolute Gasteiger partial charge is 0.338 e. The second kappa shape index (κ2) is 9.16. The van der Waals surface area contributed by atoms with Crippen molar-refractivity contribution < 1.29 is 18.0 Å². The van der Waals surface area contributed by atoms with Gasteiger partial charge >= 0.3 is 0 Å². The molecule has 1 N–H and O–H groups in total. The van der Waals surface area contributed by atoms with Crippen LogP contribution in [0.1, 0.15) is 23.2 Å². The summed E-state index contributed by atoms with van der Waals surface area (Å²) in [5, 5.41) is 3.30. The summed E-state index contributed by atoms with van der Waals surface area (Å²) in [7, 11) is -0.825.